The summed E-state index contributed by atoms with van der Waals surface area (Å²) in [6, 6.07) is 6.98. The van der Waals surface area contributed by atoms with Crippen molar-refractivity contribution in [1.82, 2.24) is 0 Å². The molecule has 2 nitrogen and oxygen atoms in total. The molecule has 0 fully saturated rings. The molecule has 72 valence electrons. The van der Waals surface area contributed by atoms with Gasteiger partial charge in [0.2, 0.25) is 0 Å². The molecule has 0 atom stereocenters. The largest absolute Gasteiger partial charge is 0.465 e. The molecule has 0 N–H and O–H groups in total. The van der Waals surface area contributed by atoms with Crippen molar-refractivity contribution in [3.05, 3.63) is 35.4 Å². The third-order valence-corrected chi connectivity index (χ3v) is 1.89. The van der Waals surface area contributed by atoms with Gasteiger partial charge in [-0.1, -0.05) is 27.8 Å². The average molecular weight is 253 g/mol. The van der Waals surface area contributed by atoms with E-state index in [0.29, 0.717) is 10.9 Å². The van der Waals surface area contributed by atoms with Crippen LogP contribution in [0.15, 0.2) is 24.3 Å². The summed E-state index contributed by atoms with van der Waals surface area (Å²) in [7, 11) is 1.36. The lowest BCUT2D eigenvalue weighted by atomic mass is 10.1. The second kappa shape index (κ2) is 5.46. The highest BCUT2D eigenvalue weighted by Crippen LogP contribution is 2.04. The van der Waals surface area contributed by atoms with E-state index in [1.54, 1.807) is 24.3 Å². The molecule has 1 rings (SSSR count). The minimum absolute atomic E-state index is 0.329. The fourth-order valence-corrected chi connectivity index (χ4v) is 1.08. The number of rotatable bonds is 1. The highest BCUT2D eigenvalue weighted by molar-refractivity contribution is 9.09. The van der Waals surface area contributed by atoms with Crippen LogP contribution in [0.4, 0.5) is 0 Å². The van der Waals surface area contributed by atoms with Gasteiger partial charge in [-0.15, -0.1) is 0 Å². The van der Waals surface area contributed by atoms with Crippen LogP contribution in [0, 0.1) is 11.8 Å². The number of methoxy groups -OCH3 is 1. The van der Waals surface area contributed by atoms with Crippen LogP contribution in [0.25, 0.3) is 0 Å². The smallest absolute Gasteiger partial charge is 0.337 e. The van der Waals surface area contributed by atoms with E-state index in [1.165, 1.54) is 7.11 Å². The van der Waals surface area contributed by atoms with Gasteiger partial charge in [-0.2, -0.15) is 0 Å². The second-order valence-corrected chi connectivity index (χ2v) is 3.07. The van der Waals surface area contributed by atoms with Crippen molar-refractivity contribution in [2.45, 2.75) is 0 Å². The highest BCUT2D eigenvalue weighted by atomic mass is 79.9. The Balaban J connectivity index is 2.83. The van der Waals surface area contributed by atoms with Crippen molar-refractivity contribution in [3.8, 4) is 11.8 Å². The average Bonchev–Trinajstić information content (AvgIpc) is 2.26. The quantitative estimate of drug-likeness (QED) is 0.435. The van der Waals surface area contributed by atoms with E-state index >= 15 is 0 Å². The monoisotopic (exact) mass is 252 g/mol. The first-order chi connectivity index (χ1) is 6.77. The molecule has 14 heavy (non-hydrogen) atoms. The van der Waals surface area contributed by atoms with Crippen LogP contribution in [-0.2, 0) is 4.74 Å². The summed E-state index contributed by atoms with van der Waals surface area (Å²) in [5, 5.41) is 0.645. The topological polar surface area (TPSA) is 26.3 Å². The van der Waals surface area contributed by atoms with E-state index in [-0.39, 0.29) is 5.97 Å². The Morgan fingerprint density at radius 1 is 1.43 bits per heavy atom. The number of alkyl halides is 1. The van der Waals surface area contributed by atoms with E-state index in [4.69, 9.17) is 0 Å². The van der Waals surface area contributed by atoms with Gasteiger partial charge in [0.15, 0.2) is 0 Å². The molecule has 1 aromatic rings. The Labute approximate surface area is 91.4 Å². The molecule has 0 bridgehead atoms. The van der Waals surface area contributed by atoms with Gasteiger partial charge in [0.25, 0.3) is 0 Å². The first-order valence-corrected chi connectivity index (χ1v) is 5.13. The lowest BCUT2D eigenvalue weighted by Crippen LogP contribution is -2.00. The Bertz CT molecular complexity index is 371. The first kappa shape index (κ1) is 10.8. The van der Waals surface area contributed by atoms with Crippen LogP contribution < -0.4 is 0 Å². The van der Waals surface area contributed by atoms with Crippen molar-refractivity contribution < 1.29 is 9.53 Å². The van der Waals surface area contributed by atoms with E-state index in [0.717, 1.165) is 5.56 Å². The fourth-order valence-electron chi connectivity index (χ4n) is 0.943. The first-order valence-electron chi connectivity index (χ1n) is 4.01. The molecule has 0 amide bonds. The summed E-state index contributed by atoms with van der Waals surface area (Å²) in [5.74, 6) is 5.48. The summed E-state index contributed by atoms with van der Waals surface area (Å²) in [6.45, 7) is 0. The SMILES string of the molecule is COC(=O)c1ccc(C#CCBr)cc1. The standard InChI is InChI=1S/C11H9BrO2/c1-14-11(13)10-6-4-9(5-7-10)3-2-8-12/h4-7H,8H2,1H3. The zero-order valence-electron chi connectivity index (χ0n) is 7.71. The second-order valence-electron chi connectivity index (χ2n) is 2.50. The van der Waals surface area contributed by atoms with Gasteiger partial charge in [-0.3, -0.25) is 0 Å². The third-order valence-electron chi connectivity index (χ3n) is 1.61. The molecule has 0 saturated carbocycles. The number of carbonyl (C=O) groups excluding carboxylic acids is 1. The van der Waals surface area contributed by atoms with Crippen molar-refractivity contribution in [2.75, 3.05) is 12.4 Å². The summed E-state index contributed by atoms with van der Waals surface area (Å²) < 4.78 is 4.57. The molecule has 0 spiro atoms. The maximum absolute atomic E-state index is 11.1. The maximum Gasteiger partial charge on any atom is 0.337 e. The zero-order valence-corrected chi connectivity index (χ0v) is 9.30. The van der Waals surface area contributed by atoms with Crippen LogP contribution >= 0.6 is 15.9 Å². The molecular weight excluding hydrogens is 244 g/mol. The third kappa shape index (κ3) is 2.90. The summed E-state index contributed by atoms with van der Waals surface area (Å²) >= 11 is 3.21. The summed E-state index contributed by atoms with van der Waals surface area (Å²) in [5.41, 5.74) is 1.42. The number of ether oxygens (including phenoxy) is 1. The van der Waals surface area contributed by atoms with Crippen LogP contribution in [0.5, 0.6) is 0 Å². The molecular formula is C11H9BrO2. The van der Waals surface area contributed by atoms with Crippen molar-refractivity contribution >= 4 is 21.9 Å². The minimum Gasteiger partial charge on any atom is -0.465 e. The molecule has 0 unspecified atom stereocenters. The number of hydrogen-bond acceptors (Lipinski definition) is 2. The Hall–Kier alpha value is -1.27. The van der Waals surface area contributed by atoms with Gasteiger partial charge < -0.3 is 4.74 Å². The van der Waals surface area contributed by atoms with Crippen LogP contribution in [0.2, 0.25) is 0 Å². The van der Waals surface area contributed by atoms with Gasteiger partial charge in [-0.25, -0.2) is 4.79 Å². The summed E-state index contributed by atoms with van der Waals surface area (Å²) in [6.07, 6.45) is 0. The predicted molar refractivity (Wildman–Crippen MR) is 58.5 cm³/mol. The number of carbonyl (C=O) groups is 1. The van der Waals surface area contributed by atoms with Gasteiger partial charge in [0.1, 0.15) is 0 Å². The number of halogens is 1. The molecule has 1 aromatic carbocycles. The number of hydrogen-bond donors (Lipinski definition) is 0. The molecule has 0 heterocycles. The Morgan fingerprint density at radius 2 is 2.07 bits per heavy atom. The lowest BCUT2D eigenvalue weighted by molar-refractivity contribution is 0.0601. The van der Waals surface area contributed by atoms with Gasteiger partial charge in [0, 0.05) is 5.56 Å². The Morgan fingerprint density at radius 3 is 2.57 bits per heavy atom. The van der Waals surface area contributed by atoms with Crippen LogP contribution in [-0.4, -0.2) is 18.4 Å². The van der Waals surface area contributed by atoms with Gasteiger partial charge in [0.05, 0.1) is 18.0 Å². The fraction of sp³-hybridized carbons (Fsp3) is 0.182. The van der Waals surface area contributed by atoms with E-state index < -0.39 is 0 Å². The number of benzene rings is 1. The Kier molecular flexibility index (Phi) is 4.21. The predicted octanol–water partition coefficient (Wildman–Crippen LogP) is 2.22. The van der Waals surface area contributed by atoms with E-state index in [1.807, 2.05) is 0 Å². The van der Waals surface area contributed by atoms with E-state index in [2.05, 4.69) is 32.5 Å². The normalized spacial score (nSPS) is 8.71. The molecule has 0 aromatic heterocycles. The lowest BCUT2D eigenvalue weighted by Gasteiger charge is -1.97. The molecule has 0 aliphatic heterocycles. The molecule has 0 radical (unpaired) electrons. The molecule has 3 heteroatoms. The molecule has 0 aliphatic rings. The minimum atomic E-state index is -0.329. The zero-order chi connectivity index (χ0) is 10.4. The molecule has 0 aliphatic carbocycles. The van der Waals surface area contributed by atoms with Crippen LogP contribution in [0.3, 0.4) is 0 Å². The van der Waals surface area contributed by atoms with Gasteiger partial charge >= 0.3 is 5.97 Å². The van der Waals surface area contributed by atoms with Crippen molar-refractivity contribution in [1.29, 1.82) is 0 Å². The van der Waals surface area contributed by atoms with Crippen molar-refractivity contribution in [2.24, 2.45) is 0 Å². The number of esters is 1. The maximum atomic E-state index is 11.1. The van der Waals surface area contributed by atoms with Gasteiger partial charge in [-0.05, 0) is 24.3 Å². The summed E-state index contributed by atoms with van der Waals surface area (Å²) in [4.78, 5) is 11.1. The van der Waals surface area contributed by atoms with E-state index in [9.17, 15) is 4.79 Å². The molecule has 0 saturated heterocycles. The van der Waals surface area contributed by atoms with Crippen molar-refractivity contribution in [3.63, 3.8) is 0 Å². The highest BCUT2D eigenvalue weighted by Gasteiger charge is 2.02. The van der Waals surface area contributed by atoms with Crippen LogP contribution in [0.1, 0.15) is 15.9 Å².